The molecule has 0 bridgehead atoms. The quantitative estimate of drug-likeness (QED) is 0.733. The summed E-state index contributed by atoms with van der Waals surface area (Å²) in [6.07, 6.45) is 1.88. The van der Waals surface area contributed by atoms with E-state index in [1.165, 1.54) is 34.9 Å². The van der Waals surface area contributed by atoms with Crippen LogP contribution in [0.4, 0.5) is 0 Å². The predicted molar refractivity (Wildman–Crippen MR) is 80.1 cm³/mol. The van der Waals surface area contributed by atoms with Crippen molar-refractivity contribution < 1.29 is 9.53 Å². The van der Waals surface area contributed by atoms with Crippen molar-refractivity contribution in [3.05, 3.63) is 58.1 Å². The summed E-state index contributed by atoms with van der Waals surface area (Å²) in [6, 6.07) is 10.4. The number of carbonyl (C=O) groups is 1. The van der Waals surface area contributed by atoms with E-state index in [1.54, 1.807) is 0 Å². The highest BCUT2D eigenvalue weighted by molar-refractivity contribution is 5.94. The number of rotatable bonds is 1. The maximum atomic E-state index is 11.9. The third-order valence-electron chi connectivity index (χ3n) is 4.06. The van der Waals surface area contributed by atoms with Crippen LogP contribution in [-0.4, -0.2) is 13.1 Å². The fraction of sp³-hybridized carbons (Fsp3) is 0.278. The molecule has 0 spiro atoms. The number of carbonyl (C=O) groups excluding carboxylic acids is 1. The van der Waals surface area contributed by atoms with Crippen molar-refractivity contribution in [3.63, 3.8) is 0 Å². The molecule has 1 aliphatic carbocycles. The van der Waals surface area contributed by atoms with E-state index in [4.69, 9.17) is 4.74 Å². The molecule has 0 N–H and O–H groups in total. The molecule has 0 fully saturated rings. The lowest BCUT2D eigenvalue weighted by molar-refractivity contribution is 0.0599. The molecule has 0 radical (unpaired) electrons. The zero-order valence-corrected chi connectivity index (χ0v) is 12.1. The average Bonchev–Trinajstić information content (AvgIpc) is 2.44. The fourth-order valence-corrected chi connectivity index (χ4v) is 3.29. The van der Waals surface area contributed by atoms with Crippen LogP contribution in [0.5, 0.6) is 0 Å². The second kappa shape index (κ2) is 4.78. The molecule has 0 saturated carbocycles. The van der Waals surface area contributed by atoms with Crippen molar-refractivity contribution in [1.29, 1.82) is 0 Å². The lowest BCUT2D eigenvalue weighted by Crippen LogP contribution is -2.12. The fourth-order valence-electron chi connectivity index (χ4n) is 3.29. The molecular formula is C18H18O2. The lowest BCUT2D eigenvalue weighted by atomic mass is 9.80. The van der Waals surface area contributed by atoms with Gasteiger partial charge in [0.05, 0.1) is 12.7 Å². The maximum Gasteiger partial charge on any atom is 0.338 e. The summed E-state index contributed by atoms with van der Waals surface area (Å²) in [4.78, 5) is 11.9. The summed E-state index contributed by atoms with van der Waals surface area (Å²) in [7, 11) is 1.44. The highest BCUT2D eigenvalue weighted by atomic mass is 16.5. The Morgan fingerprint density at radius 2 is 1.95 bits per heavy atom. The molecule has 0 aromatic heterocycles. The molecule has 2 heteroatoms. The first-order chi connectivity index (χ1) is 9.61. The molecule has 0 atom stereocenters. The molecule has 20 heavy (non-hydrogen) atoms. The van der Waals surface area contributed by atoms with E-state index in [-0.39, 0.29) is 5.97 Å². The number of aryl methyl sites for hydroxylation is 3. The number of esters is 1. The summed E-state index contributed by atoms with van der Waals surface area (Å²) >= 11 is 0. The number of hydrogen-bond donors (Lipinski definition) is 0. The van der Waals surface area contributed by atoms with Gasteiger partial charge in [-0.1, -0.05) is 29.8 Å². The van der Waals surface area contributed by atoms with Crippen LogP contribution in [0.25, 0.3) is 11.1 Å². The Morgan fingerprint density at radius 1 is 1.15 bits per heavy atom. The van der Waals surface area contributed by atoms with Gasteiger partial charge in [0.25, 0.3) is 0 Å². The van der Waals surface area contributed by atoms with Crippen LogP contribution < -0.4 is 0 Å². The summed E-state index contributed by atoms with van der Waals surface area (Å²) in [6.45, 7) is 4.28. The van der Waals surface area contributed by atoms with Crippen molar-refractivity contribution >= 4 is 5.97 Å². The lowest BCUT2D eigenvalue weighted by Gasteiger charge is -2.24. The highest BCUT2D eigenvalue weighted by Crippen LogP contribution is 2.38. The van der Waals surface area contributed by atoms with Gasteiger partial charge in [0.15, 0.2) is 0 Å². The molecule has 2 aromatic rings. The molecule has 0 heterocycles. The zero-order valence-electron chi connectivity index (χ0n) is 12.1. The first-order valence-corrected chi connectivity index (χ1v) is 6.92. The molecule has 0 aliphatic heterocycles. The van der Waals surface area contributed by atoms with Gasteiger partial charge in [0.1, 0.15) is 0 Å². The largest absolute Gasteiger partial charge is 0.465 e. The summed E-state index contributed by atoms with van der Waals surface area (Å²) in [5, 5.41) is 0. The third kappa shape index (κ3) is 1.92. The van der Waals surface area contributed by atoms with Gasteiger partial charge >= 0.3 is 5.97 Å². The van der Waals surface area contributed by atoms with Gasteiger partial charge in [-0.15, -0.1) is 0 Å². The van der Waals surface area contributed by atoms with Crippen LogP contribution >= 0.6 is 0 Å². The smallest absolute Gasteiger partial charge is 0.338 e. The van der Waals surface area contributed by atoms with Crippen molar-refractivity contribution in [1.82, 2.24) is 0 Å². The van der Waals surface area contributed by atoms with Crippen LogP contribution in [0.1, 0.15) is 32.6 Å². The number of hydrogen-bond acceptors (Lipinski definition) is 2. The normalized spacial score (nSPS) is 12.6. The molecule has 0 amide bonds. The topological polar surface area (TPSA) is 26.3 Å². The van der Waals surface area contributed by atoms with Gasteiger partial charge < -0.3 is 4.74 Å². The van der Waals surface area contributed by atoms with E-state index in [0.717, 1.165) is 18.4 Å². The van der Waals surface area contributed by atoms with Gasteiger partial charge in [-0.25, -0.2) is 4.79 Å². The van der Waals surface area contributed by atoms with Gasteiger partial charge in [0, 0.05) is 0 Å². The predicted octanol–water partition coefficient (Wildman–Crippen LogP) is 3.86. The van der Waals surface area contributed by atoms with E-state index >= 15 is 0 Å². The Morgan fingerprint density at radius 3 is 2.70 bits per heavy atom. The second-order valence-corrected chi connectivity index (χ2v) is 5.44. The van der Waals surface area contributed by atoms with Gasteiger partial charge in [-0.2, -0.15) is 0 Å². The number of benzene rings is 2. The summed E-state index contributed by atoms with van der Waals surface area (Å²) < 4.78 is 4.90. The van der Waals surface area contributed by atoms with E-state index in [0.29, 0.717) is 5.56 Å². The van der Waals surface area contributed by atoms with Crippen LogP contribution in [0, 0.1) is 13.8 Å². The maximum absolute atomic E-state index is 11.9. The van der Waals surface area contributed by atoms with Crippen LogP contribution in [0.15, 0.2) is 30.3 Å². The summed E-state index contributed by atoms with van der Waals surface area (Å²) in [5.41, 5.74) is 8.28. The summed E-state index contributed by atoms with van der Waals surface area (Å²) in [5.74, 6) is -0.241. The number of ether oxygens (including phenoxy) is 1. The van der Waals surface area contributed by atoms with Crippen molar-refractivity contribution in [2.24, 2.45) is 0 Å². The van der Waals surface area contributed by atoms with Crippen LogP contribution in [-0.2, 0) is 17.6 Å². The van der Waals surface area contributed by atoms with E-state index < -0.39 is 0 Å². The minimum absolute atomic E-state index is 0.241. The molecule has 2 aromatic carbocycles. The van der Waals surface area contributed by atoms with Gasteiger partial charge in [0.2, 0.25) is 0 Å². The zero-order chi connectivity index (χ0) is 14.3. The van der Waals surface area contributed by atoms with Crippen LogP contribution in [0.3, 0.4) is 0 Å². The Labute approximate surface area is 119 Å². The number of methoxy groups -OCH3 is 1. The Balaban J connectivity index is 2.26. The SMILES string of the molecule is COC(=O)c1cccc2c1CCc1cc(C)cc(C)c1-2. The molecule has 1 aliphatic rings. The van der Waals surface area contributed by atoms with Crippen molar-refractivity contribution in [2.45, 2.75) is 26.7 Å². The van der Waals surface area contributed by atoms with Gasteiger partial charge in [-0.3, -0.25) is 0 Å². The van der Waals surface area contributed by atoms with Crippen LogP contribution in [0.2, 0.25) is 0 Å². The van der Waals surface area contributed by atoms with Gasteiger partial charge in [-0.05, 0) is 60.6 Å². The van der Waals surface area contributed by atoms with E-state index in [2.05, 4.69) is 32.0 Å². The highest BCUT2D eigenvalue weighted by Gasteiger charge is 2.23. The number of fused-ring (bicyclic) bond motifs is 3. The Kier molecular flexibility index (Phi) is 3.09. The Bertz CT molecular complexity index is 699. The Hall–Kier alpha value is -2.09. The first kappa shape index (κ1) is 12.9. The third-order valence-corrected chi connectivity index (χ3v) is 4.06. The first-order valence-electron chi connectivity index (χ1n) is 6.92. The minimum Gasteiger partial charge on any atom is -0.465 e. The standard InChI is InChI=1S/C18H18O2/c1-11-9-12(2)17-13(10-11)7-8-14-15(17)5-4-6-16(14)18(19)20-3/h4-6,9-10H,7-8H2,1-3H3. The average molecular weight is 266 g/mol. The molecule has 0 unspecified atom stereocenters. The molecule has 0 saturated heterocycles. The molecular weight excluding hydrogens is 248 g/mol. The second-order valence-electron chi connectivity index (χ2n) is 5.44. The molecule has 3 rings (SSSR count). The van der Waals surface area contributed by atoms with E-state index in [9.17, 15) is 4.79 Å². The van der Waals surface area contributed by atoms with Crippen molar-refractivity contribution in [2.75, 3.05) is 7.11 Å². The van der Waals surface area contributed by atoms with Crippen molar-refractivity contribution in [3.8, 4) is 11.1 Å². The monoisotopic (exact) mass is 266 g/mol. The molecule has 2 nitrogen and oxygen atoms in total. The van der Waals surface area contributed by atoms with E-state index in [1.807, 2.05) is 12.1 Å². The molecule has 102 valence electrons. The minimum atomic E-state index is -0.241.